The van der Waals surface area contributed by atoms with Crippen molar-refractivity contribution in [2.45, 2.75) is 13.8 Å². The summed E-state index contributed by atoms with van der Waals surface area (Å²) in [5.74, 6) is 1.14. The summed E-state index contributed by atoms with van der Waals surface area (Å²) in [7, 11) is 1.61. The van der Waals surface area contributed by atoms with Gasteiger partial charge in [-0.05, 0) is 66.9 Å². The molecule has 0 saturated heterocycles. The number of benzene rings is 2. The molecule has 0 atom stereocenters. The van der Waals surface area contributed by atoms with Crippen LogP contribution in [0.2, 0.25) is 0 Å². The molecule has 2 rings (SSSR count). The van der Waals surface area contributed by atoms with Gasteiger partial charge in [0.05, 0.1) is 13.3 Å². The van der Waals surface area contributed by atoms with E-state index in [9.17, 15) is 4.79 Å². The Morgan fingerprint density at radius 3 is 2.35 bits per heavy atom. The molecule has 0 aliphatic carbocycles. The number of methoxy groups -OCH3 is 1. The number of aryl methyl sites for hydroxylation is 2. The van der Waals surface area contributed by atoms with Crippen molar-refractivity contribution >= 4 is 12.1 Å². The topological polar surface area (TPSA) is 59.9 Å². The van der Waals surface area contributed by atoms with Crippen molar-refractivity contribution in [3.63, 3.8) is 0 Å². The average Bonchev–Trinajstić information content (AvgIpc) is 2.53. The normalized spacial score (nSPS) is 10.6. The molecular formula is C18H20N2O3. The summed E-state index contributed by atoms with van der Waals surface area (Å²) in [5, 5.41) is 3.90. The number of ether oxygens (including phenoxy) is 2. The van der Waals surface area contributed by atoms with E-state index < -0.39 is 0 Å². The number of carbonyl (C=O) groups excluding carboxylic acids is 1. The number of nitrogens with zero attached hydrogens (tertiary/aromatic N) is 1. The van der Waals surface area contributed by atoms with Crippen molar-refractivity contribution in [3.05, 3.63) is 59.2 Å². The van der Waals surface area contributed by atoms with Gasteiger partial charge in [-0.3, -0.25) is 4.79 Å². The van der Waals surface area contributed by atoms with Crippen molar-refractivity contribution < 1.29 is 14.3 Å². The predicted octanol–water partition coefficient (Wildman–Crippen LogP) is 2.84. The monoisotopic (exact) mass is 312 g/mol. The Morgan fingerprint density at radius 2 is 1.74 bits per heavy atom. The minimum absolute atomic E-state index is 0.0805. The Balaban J connectivity index is 1.81. The summed E-state index contributed by atoms with van der Waals surface area (Å²) in [6.45, 7) is 3.89. The first-order valence-corrected chi connectivity index (χ1v) is 7.24. The predicted molar refractivity (Wildman–Crippen MR) is 90.1 cm³/mol. The molecular weight excluding hydrogens is 292 g/mol. The number of rotatable bonds is 6. The van der Waals surface area contributed by atoms with Crippen LogP contribution in [0.25, 0.3) is 0 Å². The van der Waals surface area contributed by atoms with Crippen LogP contribution in [-0.4, -0.2) is 25.8 Å². The van der Waals surface area contributed by atoms with Crippen LogP contribution in [-0.2, 0) is 4.79 Å². The van der Waals surface area contributed by atoms with Gasteiger partial charge in [0.1, 0.15) is 11.5 Å². The summed E-state index contributed by atoms with van der Waals surface area (Å²) in [6, 6.07) is 13.2. The Hall–Kier alpha value is -2.82. The molecule has 0 saturated carbocycles. The Bertz CT molecular complexity index is 674. The van der Waals surface area contributed by atoms with Gasteiger partial charge >= 0.3 is 0 Å². The van der Waals surface area contributed by atoms with E-state index in [1.165, 1.54) is 0 Å². The molecule has 5 nitrogen and oxygen atoms in total. The first kappa shape index (κ1) is 16.5. The lowest BCUT2D eigenvalue weighted by atomic mass is 10.1. The number of carbonyl (C=O) groups is 1. The minimum Gasteiger partial charge on any atom is -0.497 e. The zero-order valence-corrected chi connectivity index (χ0v) is 13.5. The van der Waals surface area contributed by atoms with E-state index >= 15 is 0 Å². The fourth-order valence-corrected chi connectivity index (χ4v) is 2.07. The van der Waals surface area contributed by atoms with Crippen molar-refractivity contribution in [2.24, 2.45) is 5.10 Å². The molecule has 0 aromatic heterocycles. The molecule has 0 bridgehead atoms. The van der Waals surface area contributed by atoms with E-state index in [0.29, 0.717) is 5.75 Å². The van der Waals surface area contributed by atoms with Crippen LogP contribution >= 0.6 is 0 Å². The summed E-state index contributed by atoms with van der Waals surface area (Å²) >= 11 is 0. The number of hydrogen-bond acceptors (Lipinski definition) is 4. The molecule has 0 heterocycles. The lowest BCUT2D eigenvalue weighted by Crippen LogP contribution is -2.24. The van der Waals surface area contributed by atoms with Gasteiger partial charge in [0.15, 0.2) is 6.61 Å². The van der Waals surface area contributed by atoms with Gasteiger partial charge in [-0.2, -0.15) is 5.10 Å². The van der Waals surface area contributed by atoms with Gasteiger partial charge in [0, 0.05) is 0 Å². The molecule has 23 heavy (non-hydrogen) atoms. The summed E-state index contributed by atoms with van der Waals surface area (Å²) in [6.07, 6.45) is 1.56. The lowest BCUT2D eigenvalue weighted by molar-refractivity contribution is -0.123. The molecule has 0 spiro atoms. The highest BCUT2D eigenvalue weighted by atomic mass is 16.5. The van der Waals surface area contributed by atoms with Crippen molar-refractivity contribution in [2.75, 3.05) is 13.7 Å². The zero-order chi connectivity index (χ0) is 16.7. The van der Waals surface area contributed by atoms with Crippen LogP contribution in [0.1, 0.15) is 16.7 Å². The Morgan fingerprint density at radius 1 is 1.09 bits per heavy atom. The second kappa shape index (κ2) is 7.98. The summed E-state index contributed by atoms with van der Waals surface area (Å²) < 4.78 is 10.5. The van der Waals surface area contributed by atoms with Crippen molar-refractivity contribution in [1.29, 1.82) is 0 Å². The first-order chi connectivity index (χ1) is 11.1. The molecule has 0 aliphatic rings. The van der Waals surface area contributed by atoms with Crippen molar-refractivity contribution in [3.8, 4) is 11.5 Å². The number of amides is 1. The third-order valence-corrected chi connectivity index (χ3v) is 3.08. The van der Waals surface area contributed by atoms with E-state index in [1.807, 2.05) is 56.3 Å². The highest BCUT2D eigenvalue weighted by Gasteiger charge is 2.02. The molecule has 1 amide bonds. The fourth-order valence-electron chi connectivity index (χ4n) is 2.07. The highest BCUT2D eigenvalue weighted by Crippen LogP contribution is 2.15. The maximum absolute atomic E-state index is 11.7. The fraction of sp³-hybridized carbons (Fsp3) is 0.222. The van der Waals surface area contributed by atoms with Crippen LogP contribution in [0.5, 0.6) is 11.5 Å². The van der Waals surface area contributed by atoms with Gasteiger partial charge in [0.2, 0.25) is 0 Å². The number of nitrogens with one attached hydrogen (secondary N) is 1. The standard InChI is InChI=1S/C18H20N2O3/c1-13-8-14(2)10-17(9-13)23-12-18(21)20-19-11-15-4-6-16(22-3)7-5-15/h4-11H,12H2,1-3H3,(H,20,21)/b19-11+. The van der Waals surface area contributed by atoms with Gasteiger partial charge in [-0.25, -0.2) is 5.43 Å². The first-order valence-electron chi connectivity index (χ1n) is 7.24. The van der Waals surface area contributed by atoms with E-state index in [2.05, 4.69) is 10.5 Å². The maximum Gasteiger partial charge on any atom is 0.277 e. The van der Waals surface area contributed by atoms with Crippen LogP contribution in [0.15, 0.2) is 47.6 Å². The number of hydrogen-bond donors (Lipinski definition) is 1. The SMILES string of the molecule is COc1ccc(/C=N/NC(=O)COc2cc(C)cc(C)c2)cc1. The Kier molecular flexibility index (Phi) is 5.74. The maximum atomic E-state index is 11.7. The van der Waals surface area contributed by atoms with E-state index in [1.54, 1.807) is 13.3 Å². The van der Waals surface area contributed by atoms with Gasteiger partial charge in [-0.15, -0.1) is 0 Å². The van der Waals surface area contributed by atoms with Gasteiger partial charge in [0.25, 0.3) is 5.91 Å². The molecule has 2 aromatic carbocycles. The smallest absolute Gasteiger partial charge is 0.277 e. The van der Waals surface area contributed by atoms with E-state index in [0.717, 1.165) is 22.4 Å². The van der Waals surface area contributed by atoms with Crippen LogP contribution in [0.3, 0.4) is 0 Å². The second-order valence-electron chi connectivity index (χ2n) is 5.18. The zero-order valence-electron chi connectivity index (χ0n) is 13.5. The summed E-state index contributed by atoms with van der Waals surface area (Å²) in [4.78, 5) is 11.7. The molecule has 0 radical (unpaired) electrons. The summed E-state index contributed by atoms with van der Waals surface area (Å²) in [5.41, 5.74) is 5.49. The van der Waals surface area contributed by atoms with Crippen LogP contribution in [0, 0.1) is 13.8 Å². The van der Waals surface area contributed by atoms with Gasteiger partial charge in [-0.1, -0.05) is 6.07 Å². The van der Waals surface area contributed by atoms with Crippen molar-refractivity contribution in [1.82, 2.24) is 5.43 Å². The molecule has 1 N–H and O–H groups in total. The molecule has 2 aromatic rings. The highest BCUT2D eigenvalue weighted by molar-refractivity contribution is 5.83. The third-order valence-electron chi connectivity index (χ3n) is 3.08. The van der Waals surface area contributed by atoms with Gasteiger partial charge < -0.3 is 9.47 Å². The molecule has 120 valence electrons. The molecule has 0 fully saturated rings. The van der Waals surface area contributed by atoms with E-state index in [-0.39, 0.29) is 12.5 Å². The lowest BCUT2D eigenvalue weighted by Gasteiger charge is -2.07. The van der Waals surface area contributed by atoms with Crippen LogP contribution in [0.4, 0.5) is 0 Å². The minimum atomic E-state index is -0.311. The largest absolute Gasteiger partial charge is 0.497 e. The molecule has 5 heteroatoms. The Labute approximate surface area is 135 Å². The van der Waals surface area contributed by atoms with Crippen LogP contribution < -0.4 is 14.9 Å². The average molecular weight is 312 g/mol. The third kappa shape index (κ3) is 5.47. The van der Waals surface area contributed by atoms with E-state index in [4.69, 9.17) is 9.47 Å². The quantitative estimate of drug-likeness (QED) is 0.659. The number of hydrazone groups is 1. The second-order valence-corrected chi connectivity index (χ2v) is 5.18. The molecule has 0 unspecified atom stereocenters. The molecule has 0 aliphatic heterocycles.